The van der Waals surface area contributed by atoms with E-state index in [1.54, 1.807) is 24.0 Å². The summed E-state index contributed by atoms with van der Waals surface area (Å²) in [5.41, 5.74) is 2.98. The minimum Gasteiger partial charge on any atom is -0.451 e. The lowest BCUT2D eigenvalue weighted by molar-refractivity contribution is -0.140. The molecule has 0 aliphatic carbocycles. The number of nitrogens with zero attached hydrogens (tertiary/aromatic N) is 3. The van der Waals surface area contributed by atoms with Crippen LogP contribution in [0.1, 0.15) is 28.5 Å². The molecule has 0 aliphatic rings. The molecule has 0 saturated heterocycles. The molecule has 0 unspecified atom stereocenters. The maximum atomic E-state index is 12.7. The fourth-order valence-corrected chi connectivity index (χ4v) is 3.15. The van der Waals surface area contributed by atoms with Crippen molar-refractivity contribution in [2.75, 3.05) is 0 Å². The van der Waals surface area contributed by atoms with Crippen molar-refractivity contribution in [1.29, 1.82) is 0 Å². The number of fused-ring (bicyclic) bond motifs is 1. The highest BCUT2D eigenvalue weighted by Gasteiger charge is 2.21. The molecule has 0 amide bonds. The molecule has 0 saturated carbocycles. The third-order valence-corrected chi connectivity index (χ3v) is 4.65. The lowest BCUT2D eigenvalue weighted by Crippen LogP contribution is -2.23. The molecule has 2 aromatic heterocycles. The zero-order chi connectivity index (χ0) is 20.9. The average Bonchev–Trinajstić information content (AvgIpc) is 3.39. The molecule has 4 aromatic rings. The number of ketones is 1. The van der Waals surface area contributed by atoms with Crippen LogP contribution in [0.2, 0.25) is 0 Å². The number of rotatable bonds is 7. The highest BCUT2D eigenvalue weighted by Crippen LogP contribution is 2.20. The zero-order valence-corrected chi connectivity index (χ0v) is 16.4. The minimum atomic E-state index is -0.907. The molecule has 0 bridgehead atoms. The number of aromatic amines is 1. The number of Topliss-reactive ketones (excluding diaryl/α,β-unsaturated/α-hetero) is 1. The molecule has 2 heterocycles. The van der Waals surface area contributed by atoms with Gasteiger partial charge in [0.05, 0.1) is 12.7 Å². The zero-order valence-electron chi connectivity index (χ0n) is 16.4. The Morgan fingerprint density at radius 1 is 1.13 bits per heavy atom. The van der Waals surface area contributed by atoms with Gasteiger partial charge in [-0.3, -0.25) is 4.79 Å². The number of ether oxygens (including phenoxy) is 1. The second-order valence-electron chi connectivity index (χ2n) is 6.85. The molecule has 1 N–H and O–H groups in total. The fourth-order valence-electron chi connectivity index (χ4n) is 3.15. The standard InChI is InChI=1S/C23H20N4O3/c1-16(23(29)20-13-24-21-10-6-5-9-19(20)21)30-22(28)12-11-18-15-27(26-25-18)14-17-7-3-2-4-8-17/h2-13,15-16,24H,14H2,1H3/b12-11+/t16-/m0/s1. The van der Waals surface area contributed by atoms with Crippen LogP contribution in [-0.2, 0) is 16.1 Å². The fraction of sp³-hybridized carbons (Fsp3) is 0.130. The summed E-state index contributed by atoms with van der Waals surface area (Å²) in [6, 6.07) is 17.4. The maximum absolute atomic E-state index is 12.7. The Kier molecular flexibility index (Phi) is 5.52. The first-order valence-electron chi connectivity index (χ1n) is 9.53. The van der Waals surface area contributed by atoms with E-state index < -0.39 is 12.1 Å². The van der Waals surface area contributed by atoms with E-state index in [1.807, 2.05) is 54.6 Å². The number of aromatic nitrogens is 4. The van der Waals surface area contributed by atoms with Gasteiger partial charge in [0, 0.05) is 28.7 Å². The number of hydrogen-bond donors (Lipinski definition) is 1. The van der Waals surface area contributed by atoms with Crippen LogP contribution in [0.5, 0.6) is 0 Å². The molecule has 150 valence electrons. The summed E-state index contributed by atoms with van der Waals surface area (Å²) < 4.78 is 6.95. The van der Waals surface area contributed by atoms with Crippen LogP contribution in [0.25, 0.3) is 17.0 Å². The van der Waals surface area contributed by atoms with Gasteiger partial charge in [-0.1, -0.05) is 53.7 Å². The van der Waals surface area contributed by atoms with Gasteiger partial charge in [0.15, 0.2) is 6.10 Å². The number of H-pyrrole nitrogens is 1. The summed E-state index contributed by atoms with van der Waals surface area (Å²) in [4.78, 5) is 27.8. The van der Waals surface area contributed by atoms with Crippen molar-refractivity contribution < 1.29 is 14.3 Å². The number of para-hydroxylation sites is 1. The summed E-state index contributed by atoms with van der Waals surface area (Å²) in [5.74, 6) is -0.878. The van der Waals surface area contributed by atoms with Crippen molar-refractivity contribution in [3.05, 3.63) is 89.9 Å². The first kappa shape index (κ1) is 19.3. The number of nitrogens with one attached hydrogen (secondary N) is 1. The van der Waals surface area contributed by atoms with Gasteiger partial charge in [0.1, 0.15) is 5.69 Å². The molecule has 1 atom stereocenters. The number of esters is 1. The largest absolute Gasteiger partial charge is 0.451 e. The lowest BCUT2D eigenvalue weighted by atomic mass is 10.1. The maximum Gasteiger partial charge on any atom is 0.331 e. The topological polar surface area (TPSA) is 89.9 Å². The van der Waals surface area contributed by atoms with Crippen LogP contribution < -0.4 is 0 Å². The Bertz CT molecular complexity index is 1210. The van der Waals surface area contributed by atoms with E-state index in [4.69, 9.17) is 4.74 Å². The normalized spacial score (nSPS) is 12.3. The minimum absolute atomic E-state index is 0.261. The summed E-state index contributed by atoms with van der Waals surface area (Å²) in [6.45, 7) is 2.15. The third kappa shape index (κ3) is 4.35. The molecule has 7 nitrogen and oxygen atoms in total. The van der Waals surface area contributed by atoms with Crippen molar-refractivity contribution in [1.82, 2.24) is 20.0 Å². The van der Waals surface area contributed by atoms with Gasteiger partial charge < -0.3 is 9.72 Å². The van der Waals surface area contributed by atoms with Gasteiger partial charge in [-0.15, -0.1) is 5.10 Å². The number of carbonyl (C=O) groups is 2. The van der Waals surface area contributed by atoms with E-state index in [-0.39, 0.29) is 5.78 Å². The van der Waals surface area contributed by atoms with Gasteiger partial charge in [0.25, 0.3) is 0 Å². The molecule has 0 fully saturated rings. The SMILES string of the molecule is C[C@H](OC(=O)/C=C/c1cn(Cc2ccccc2)nn1)C(=O)c1c[nH]c2ccccc12. The Morgan fingerprint density at radius 3 is 2.73 bits per heavy atom. The molecule has 4 rings (SSSR count). The van der Waals surface area contributed by atoms with Crippen molar-refractivity contribution in [2.24, 2.45) is 0 Å². The molecule has 2 aromatic carbocycles. The quantitative estimate of drug-likeness (QED) is 0.291. The number of hydrogen-bond acceptors (Lipinski definition) is 5. The predicted molar refractivity (Wildman–Crippen MR) is 113 cm³/mol. The van der Waals surface area contributed by atoms with E-state index in [2.05, 4.69) is 15.3 Å². The summed E-state index contributed by atoms with van der Waals surface area (Å²) in [7, 11) is 0. The summed E-state index contributed by atoms with van der Waals surface area (Å²) in [6.07, 6.45) is 5.22. The van der Waals surface area contributed by atoms with Gasteiger partial charge in [0.2, 0.25) is 5.78 Å². The van der Waals surface area contributed by atoms with Crippen LogP contribution in [-0.4, -0.2) is 37.8 Å². The molecule has 7 heteroatoms. The van der Waals surface area contributed by atoms with Crippen molar-refractivity contribution in [3.63, 3.8) is 0 Å². The highest BCUT2D eigenvalue weighted by molar-refractivity contribution is 6.10. The van der Waals surface area contributed by atoms with Crippen LogP contribution in [0.4, 0.5) is 0 Å². The van der Waals surface area contributed by atoms with Gasteiger partial charge >= 0.3 is 5.97 Å². The average molecular weight is 400 g/mol. The van der Waals surface area contributed by atoms with Gasteiger partial charge in [-0.05, 0) is 24.6 Å². The van der Waals surface area contributed by atoms with E-state index in [0.717, 1.165) is 16.5 Å². The van der Waals surface area contributed by atoms with Crippen LogP contribution in [0.15, 0.2) is 73.1 Å². The predicted octanol–water partition coefficient (Wildman–Crippen LogP) is 3.64. The number of benzene rings is 2. The summed E-state index contributed by atoms with van der Waals surface area (Å²) in [5, 5.41) is 8.87. The van der Waals surface area contributed by atoms with E-state index >= 15 is 0 Å². The van der Waals surface area contributed by atoms with Crippen LogP contribution >= 0.6 is 0 Å². The Hall–Kier alpha value is -4.00. The van der Waals surface area contributed by atoms with Crippen LogP contribution in [0.3, 0.4) is 0 Å². The van der Waals surface area contributed by atoms with Crippen molar-refractivity contribution >= 4 is 28.7 Å². The highest BCUT2D eigenvalue weighted by atomic mass is 16.5. The van der Waals surface area contributed by atoms with E-state index in [0.29, 0.717) is 17.8 Å². The molecule has 0 spiro atoms. The van der Waals surface area contributed by atoms with Crippen LogP contribution in [0, 0.1) is 0 Å². The molecule has 0 radical (unpaired) electrons. The Labute approximate surface area is 173 Å². The smallest absolute Gasteiger partial charge is 0.331 e. The second-order valence-corrected chi connectivity index (χ2v) is 6.85. The van der Waals surface area contributed by atoms with Crippen molar-refractivity contribution in [2.45, 2.75) is 19.6 Å². The van der Waals surface area contributed by atoms with Gasteiger partial charge in [-0.25, -0.2) is 9.48 Å². The first-order valence-corrected chi connectivity index (χ1v) is 9.53. The molecular weight excluding hydrogens is 380 g/mol. The third-order valence-electron chi connectivity index (χ3n) is 4.65. The first-order chi connectivity index (χ1) is 14.6. The summed E-state index contributed by atoms with van der Waals surface area (Å²) >= 11 is 0. The Morgan fingerprint density at radius 2 is 1.90 bits per heavy atom. The molecule has 0 aliphatic heterocycles. The van der Waals surface area contributed by atoms with Crippen molar-refractivity contribution in [3.8, 4) is 0 Å². The molecular formula is C23H20N4O3. The second kappa shape index (κ2) is 8.57. The Balaban J connectivity index is 1.36. The lowest BCUT2D eigenvalue weighted by Gasteiger charge is -2.10. The number of carbonyl (C=O) groups excluding carboxylic acids is 2. The van der Waals surface area contributed by atoms with E-state index in [9.17, 15) is 9.59 Å². The van der Waals surface area contributed by atoms with E-state index in [1.165, 1.54) is 12.2 Å². The van der Waals surface area contributed by atoms with Gasteiger partial charge in [-0.2, -0.15) is 0 Å². The molecule has 30 heavy (non-hydrogen) atoms. The monoisotopic (exact) mass is 400 g/mol.